The maximum absolute atomic E-state index is 12.9. The molecule has 3 aliphatic heterocycles. The number of fused-ring (bicyclic) bond motifs is 1. The Hall–Kier alpha value is -2.43. The molecule has 3 unspecified atom stereocenters. The van der Waals surface area contributed by atoms with Crippen molar-refractivity contribution in [3.63, 3.8) is 0 Å². The summed E-state index contributed by atoms with van der Waals surface area (Å²) in [5.41, 5.74) is 3.87. The number of piperazine rings is 1. The number of allylic oxidation sites excluding steroid dienone is 1. The lowest BCUT2D eigenvalue weighted by atomic mass is 10.1. The van der Waals surface area contributed by atoms with Crippen molar-refractivity contribution in [3.8, 4) is 0 Å². The van der Waals surface area contributed by atoms with Crippen molar-refractivity contribution in [2.24, 2.45) is 0 Å². The Morgan fingerprint density at radius 2 is 2.03 bits per heavy atom. The van der Waals surface area contributed by atoms with Crippen LogP contribution in [-0.2, 0) is 4.79 Å². The van der Waals surface area contributed by atoms with Gasteiger partial charge in [0, 0.05) is 62.0 Å². The molecule has 1 fully saturated rings. The van der Waals surface area contributed by atoms with Crippen LogP contribution in [0.2, 0.25) is 0 Å². The van der Waals surface area contributed by atoms with E-state index in [0.29, 0.717) is 20.7 Å². The number of rotatable bonds is 4. The number of hydrogen-bond donors (Lipinski definition) is 3. The van der Waals surface area contributed by atoms with Crippen molar-refractivity contribution < 1.29 is 4.79 Å². The highest BCUT2D eigenvalue weighted by Crippen LogP contribution is 2.45. The summed E-state index contributed by atoms with van der Waals surface area (Å²) in [7, 11) is 2.33. The summed E-state index contributed by atoms with van der Waals surface area (Å²) in [4.78, 5) is 17.2. The van der Waals surface area contributed by atoms with Crippen LogP contribution in [0.1, 0.15) is 25.0 Å². The molecule has 6 nitrogen and oxygen atoms in total. The van der Waals surface area contributed by atoms with Gasteiger partial charge in [0.15, 0.2) is 0 Å². The normalized spacial score (nSPS) is 27.4. The van der Waals surface area contributed by atoms with Gasteiger partial charge in [-0.1, -0.05) is 20.7 Å². The minimum atomic E-state index is 0.0240. The fraction of sp³-hybridized carbons (Fsp3) is 0.364. The summed E-state index contributed by atoms with van der Waals surface area (Å²) in [6.45, 7) is 6.29. The van der Waals surface area contributed by atoms with E-state index in [2.05, 4.69) is 41.5 Å². The Balaban J connectivity index is 1.57. The first kappa shape index (κ1) is 19.9. The lowest BCUT2D eigenvalue weighted by Gasteiger charge is -2.41. The smallest absolute Gasteiger partial charge is 0.252 e. The molecular formula is C22H28N5OP. The van der Waals surface area contributed by atoms with Gasteiger partial charge in [-0.05, 0) is 42.9 Å². The number of carbonyl (C=O) groups excluding carboxylic acids is 1. The van der Waals surface area contributed by atoms with Crippen molar-refractivity contribution >= 4 is 31.7 Å². The molecule has 3 heterocycles. The third-order valence-corrected chi connectivity index (χ3v) is 7.07. The maximum atomic E-state index is 12.9. The van der Waals surface area contributed by atoms with Crippen LogP contribution >= 0.6 is 8.58 Å². The van der Waals surface area contributed by atoms with Crippen LogP contribution in [0, 0.1) is 5.41 Å². The summed E-state index contributed by atoms with van der Waals surface area (Å²) in [5.74, 6) is 0.0901. The molecular weight excluding hydrogens is 381 g/mol. The van der Waals surface area contributed by atoms with Crippen molar-refractivity contribution in [2.45, 2.75) is 31.7 Å². The van der Waals surface area contributed by atoms with Gasteiger partial charge in [-0.2, -0.15) is 0 Å². The van der Waals surface area contributed by atoms with Gasteiger partial charge in [-0.3, -0.25) is 4.79 Å². The average molecular weight is 409 g/mol. The lowest BCUT2D eigenvalue weighted by Crippen LogP contribution is -2.54. The van der Waals surface area contributed by atoms with Gasteiger partial charge >= 0.3 is 0 Å². The van der Waals surface area contributed by atoms with Gasteiger partial charge in [0.1, 0.15) is 0 Å². The van der Waals surface area contributed by atoms with E-state index in [1.165, 1.54) is 6.21 Å². The van der Waals surface area contributed by atoms with Crippen LogP contribution in [0.4, 0.5) is 5.69 Å². The molecule has 4 rings (SSSR count). The van der Waals surface area contributed by atoms with Crippen LogP contribution in [0.15, 0.2) is 48.3 Å². The molecule has 3 N–H and O–H groups in total. The Labute approximate surface area is 174 Å². The van der Waals surface area contributed by atoms with E-state index in [0.717, 1.165) is 40.9 Å². The zero-order chi connectivity index (χ0) is 20.5. The maximum Gasteiger partial charge on any atom is 0.252 e. The molecule has 29 heavy (non-hydrogen) atoms. The molecule has 152 valence electrons. The molecule has 0 spiro atoms. The third kappa shape index (κ3) is 4.00. The minimum Gasteiger partial charge on any atom is -0.388 e. The predicted molar refractivity (Wildman–Crippen MR) is 122 cm³/mol. The van der Waals surface area contributed by atoms with Crippen LogP contribution in [-0.4, -0.2) is 59.9 Å². The highest BCUT2D eigenvalue weighted by molar-refractivity contribution is 7.51. The molecule has 0 bridgehead atoms. The number of hydrogen-bond acceptors (Lipinski definition) is 5. The fourth-order valence-corrected chi connectivity index (χ4v) is 5.62. The zero-order valence-corrected chi connectivity index (χ0v) is 18.1. The molecule has 0 radical (unpaired) electrons. The largest absolute Gasteiger partial charge is 0.388 e. The number of nitrogens with one attached hydrogen (secondary N) is 3. The van der Waals surface area contributed by atoms with E-state index in [-0.39, 0.29) is 11.7 Å². The van der Waals surface area contributed by atoms with E-state index in [4.69, 9.17) is 5.41 Å². The average Bonchev–Trinajstić information content (AvgIpc) is 2.72. The van der Waals surface area contributed by atoms with Gasteiger partial charge < -0.3 is 25.8 Å². The Kier molecular flexibility index (Phi) is 5.57. The lowest BCUT2D eigenvalue weighted by molar-refractivity contribution is -0.123. The highest BCUT2D eigenvalue weighted by atomic mass is 31.1. The molecule has 1 amide bonds. The van der Waals surface area contributed by atoms with E-state index in [1.54, 1.807) is 6.08 Å². The first-order valence-corrected chi connectivity index (χ1v) is 11.1. The molecule has 0 aliphatic carbocycles. The summed E-state index contributed by atoms with van der Waals surface area (Å²) < 4.78 is 0. The van der Waals surface area contributed by atoms with Crippen LogP contribution in [0.5, 0.6) is 0 Å². The zero-order valence-electron chi connectivity index (χ0n) is 17.1. The number of amides is 1. The molecule has 7 heteroatoms. The molecule has 1 saturated heterocycles. The Bertz CT molecular complexity index is 912. The van der Waals surface area contributed by atoms with E-state index in [9.17, 15) is 4.79 Å². The first-order chi connectivity index (χ1) is 14.0. The standard InChI is InChI=1S/C22H28N5OP/c1-14-11-26(12-15(2)25-14)18-5-7-22-27(13-18)21(28)9-20(29-22)16-4-6-19(24-3)17(8-16)10-23/h4-10,13-15,22-25,29H,11-12H2,1-3H3/t14-,15?,22?/m0/s1. The van der Waals surface area contributed by atoms with Gasteiger partial charge in [0.2, 0.25) is 0 Å². The number of anilines is 1. The summed E-state index contributed by atoms with van der Waals surface area (Å²) in [6, 6.07) is 6.84. The van der Waals surface area contributed by atoms with Crippen LogP contribution in [0.25, 0.3) is 5.31 Å². The third-order valence-electron chi connectivity index (χ3n) is 5.56. The number of benzene rings is 1. The Morgan fingerprint density at radius 1 is 1.28 bits per heavy atom. The van der Waals surface area contributed by atoms with E-state index >= 15 is 0 Å². The molecule has 0 saturated carbocycles. The van der Waals surface area contributed by atoms with Crippen molar-refractivity contribution in [1.29, 1.82) is 5.41 Å². The monoisotopic (exact) mass is 409 g/mol. The molecule has 0 aromatic heterocycles. The summed E-state index contributed by atoms with van der Waals surface area (Å²) >= 11 is 0. The van der Waals surface area contributed by atoms with Crippen molar-refractivity contribution in [1.82, 2.24) is 15.1 Å². The van der Waals surface area contributed by atoms with E-state index in [1.807, 2.05) is 36.3 Å². The second-order valence-electron chi connectivity index (χ2n) is 7.88. The summed E-state index contributed by atoms with van der Waals surface area (Å²) in [6.07, 6.45) is 9.46. The van der Waals surface area contributed by atoms with Gasteiger partial charge in [-0.25, -0.2) is 0 Å². The second-order valence-corrected chi connectivity index (χ2v) is 9.29. The topological polar surface area (TPSA) is 71.5 Å². The number of nitrogens with zero attached hydrogens (tertiary/aromatic N) is 2. The number of carbonyl (C=O) groups is 1. The second kappa shape index (κ2) is 8.13. The van der Waals surface area contributed by atoms with Crippen molar-refractivity contribution in [2.75, 3.05) is 25.5 Å². The molecule has 3 aliphatic rings. The Morgan fingerprint density at radius 3 is 2.72 bits per heavy atom. The van der Waals surface area contributed by atoms with Crippen LogP contribution in [0.3, 0.4) is 0 Å². The van der Waals surface area contributed by atoms with Crippen molar-refractivity contribution in [3.05, 3.63) is 59.5 Å². The van der Waals surface area contributed by atoms with E-state index < -0.39 is 0 Å². The summed E-state index contributed by atoms with van der Waals surface area (Å²) in [5, 5.41) is 15.4. The highest BCUT2D eigenvalue weighted by Gasteiger charge is 2.31. The molecule has 4 atom stereocenters. The molecule has 1 aromatic carbocycles. The minimum absolute atomic E-state index is 0.0240. The SMILES string of the molecule is CNc1ccc(C2=CC(=O)N3C=C(N4CC(C)N[C@@H](C)C4)C=CC3P2)cc1C=N. The predicted octanol–water partition coefficient (Wildman–Crippen LogP) is 3.01. The van der Waals surface area contributed by atoms with Gasteiger partial charge in [0.25, 0.3) is 5.91 Å². The quantitative estimate of drug-likeness (QED) is 0.528. The molecule has 1 aromatic rings. The van der Waals surface area contributed by atoms with Gasteiger partial charge in [0.05, 0.1) is 11.5 Å². The van der Waals surface area contributed by atoms with Crippen LogP contribution < -0.4 is 10.6 Å². The fourth-order valence-electron chi connectivity index (χ4n) is 4.23. The first-order valence-electron chi connectivity index (χ1n) is 10.0. The van der Waals surface area contributed by atoms with Gasteiger partial charge in [-0.15, -0.1) is 0 Å².